The quantitative estimate of drug-likeness (QED) is 0.680. The normalized spacial score (nSPS) is 11.0. The van der Waals surface area contributed by atoms with Crippen LogP contribution in [0.3, 0.4) is 0 Å². The van der Waals surface area contributed by atoms with Crippen LogP contribution >= 0.6 is 12.2 Å². The van der Waals surface area contributed by atoms with Crippen molar-refractivity contribution in [1.29, 1.82) is 0 Å². The SMILES string of the molecule is Cc1ccc(-n2cnc3c(=S)nc(C)[nH]c32)cc1. The molecule has 90 valence electrons. The summed E-state index contributed by atoms with van der Waals surface area (Å²) in [7, 11) is 0. The zero-order valence-electron chi connectivity index (χ0n) is 10.1. The number of nitrogens with zero attached hydrogens (tertiary/aromatic N) is 3. The van der Waals surface area contributed by atoms with Crippen molar-refractivity contribution >= 4 is 23.4 Å². The van der Waals surface area contributed by atoms with Crippen molar-refractivity contribution in [1.82, 2.24) is 19.5 Å². The maximum atomic E-state index is 5.22. The summed E-state index contributed by atoms with van der Waals surface area (Å²) in [5, 5.41) is 0. The van der Waals surface area contributed by atoms with Gasteiger partial charge in [0.15, 0.2) is 4.64 Å². The molecule has 0 radical (unpaired) electrons. The van der Waals surface area contributed by atoms with E-state index >= 15 is 0 Å². The van der Waals surface area contributed by atoms with Crippen LogP contribution in [0.15, 0.2) is 30.6 Å². The van der Waals surface area contributed by atoms with E-state index in [2.05, 4.69) is 46.1 Å². The predicted octanol–water partition coefficient (Wildman–Crippen LogP) is 3.09. The third-order valence-corrected chi connectivity index (χ3v) is 3.14. The number of aromatic amines is 1. The average molecular weight is 256 g/mol. The first-order chi connectivity index (χ1) is 8.65. The minimum Gasteiger partial charge on any atom is -0.328 e. The number of benzene rings is 1. The summed E-state index contributed by atoms with van der Waals surface area (Å²) in [6.45, 7) is 3.96. The molecule has 3 aromatic rings. The topological polar surface area (TPSA) is 46.5 Å². The van der Waals surface area contributed by atoms with Crippen LogP contribution < -0.4 is 0 Å². The summed E-state index contributed by atoms with van der Waals surface area (Å²) in [6.07, 6.45) is 1.77. The van der Waals surface area contributed by atoms with E-state index in [0.29, 0.717) is 4.64 Å². The second kappa shape index (κ2) is 4.03. The largest absolute Gasteiger partial charge is 0.328 e. The molecule has 0 fully saturated rings. The number of aromatic nitrogens is 4. The van der Waals surface area contributed by atoms with E-state index < -0.39 is 0 Å². The van der Waals surface area contributed by atoms with Crippen LogP contribution in [0, 0.1) is 18.5 Å². The maximum Gasteiger partial charge on any atom is 0.157 e. The fourth-order valence-electron chi connectivity index (χ4n) is 1.93. The molecule has 2 heterocycles. The minimum absolute atomic E-state index is 0.534. The third-order valence-electron chi connectivity index (χ3n) is 2.85. The molecule has 5 heteroatoms. The van der Waals surface area contributed by atoms with Gasteiger partial charge in [-0.05, 0) is 26.0 Å². The highest BCUT2D eigenvalue weighted by atomic mass is 32.1. The lowest BCUT2D eigenvalue weighted by atomic mass is 10.2. The van der Waals surface area contributed by atoms with Gasteiger partial charge in [-0.25, -0.2) is 9.97 Å². The lowest BCUT2D eigenvalue weighted by Crippen LogP contribution is -1.96. The highest BCUT2D eigenvalue weighted by Gasteiger charge is 2.07. The lowest BCUT2D eigenvalue weighted by molar-refractivity contribution is 1.02. The van der Waals surface area contributed by atoms with Crippen molar-refractivity contribution in [2.75, 3.05) is 0 Å². The monoisotopic (exact) mass is 256 g/mol. The molecule has 0 spiro atoms. The molecule has 0 saturated carbocycles. The third kappa shape index (κ3) is 1.73. The molecule has 4 nitrogen and oxygen atoms in total. The van der Waals surface area contributed by atoms with Crippen LogP contribution in [0.4, 0.5) is 0 Å². The average Bonchev–Trinajstić information content (AvgIpc) is 2.74. The Bertz CT molecular complexity index is 768. The summed E-state index contributed by atoms with van der Waals surface area (Å²) in [5.41, 5.74) is 3.90. The number of fused-ring (bicyclic) bond motifs is 1. The van der Waals surface area contributed by atoms with Crippen LogP contribution in [0.2, 0.25) is 0 Å². The van der Waals surface area contributed by atoms with E-state index in [-0.39, 0.29) is 0 Å². The molecule has 0 amide bonds. The van der Waals surface area contributed by atoms with Gasteiger partial charge in [-0.3, -0.25) is 4.57 Å². The van der Waals surface area contributed by atoms with Crippen LogP contribution in [0.1, 0.15) is 11.4 Å². The van der Waals surface area contributed by atoms with Crippen LogP contribution in [0.25, 0.3) is 16.9 Å². The molecule has 0 bridgehead atoms. The Labute approximate surface area is 109 Å². The number of hydrogen-bond acceptors (Lipinski definition) is 3. The number of imidazole rings is 1. The molecular formula is C13H12N4S. The Balaban J connectivity index is 2.30. The summed E-state index contributed by atoms with van der Waals surface area (Å²) in [5.74, 6) is 0.793. The van der Waals surface area contributed by atoms with Gasteiger partial charge in [-0.1, -0.05) is 29.9 Å². The van der Waals surface area contributed by atoms with Gasteiger partial charge in [0.2, 0.25) is 0 Å². The standard InChI is InChI=1S/C13H12N4S/c1-8-3-5-10(6-4-8)17-7-14-11-12(17)15-9(2)16-13(11)18/h3-7H,1-2H3,(H,15,16,18). The Hall–Kier alpha value is -2.01. The smallest absolute Gasteiger partial charge is 0.157 e. The summed E-state index contributed by atoms with van der Waals surface area (Å²) < 4.78 is 2.52. The molecule has 0 aliphatic heterocycles. The van der Waals surface area contributed by atoms with Gasteiger partial charge >= 0.3 is 0 Å². The van der Waals surface area contributed by atoms with E-state index in [0.717, 1.165) is 22.7 Å². The van der Waals surface area contributed by atoms with Gasteiger partial charge in [-0.15, -0.1) is 0 Å². The molecule has 3 rings (SSSR count). The number of hydrogen-bond donors (Lipinski definition) is 1. The fraction of sp³-hybridized carbons (Fsp3) is 0.154. The van der Waals surface area contributed by atoms with Gasteiger partial charge in [0.05, 0.1) is 0 Å². The molecular weight excluding hydrogens is 244 g/mol. The Morgan fingerprint density at radius 3 is 2.61 bits per heavy atom. The number of nitrogens with one attached hydrogen (secondary N) is 1. The van der Waals surface area contributed by atoms with Crippen molar-refractivity contribution in [2.24, 2.45) is 0 Å². The Morgan fingerprint density at radius 1 is 1.17 bits per heavy atom. The zero-order valence-corrected chi connectivity index (χ0v) is 11.0. The second-order valence-electron chi connectivity index (χ2n) is 4.27. The minimum atomic E-state index is 0.534. The van der Waals surface area contributed by atoms with Gasteiger partial charge < -0.3 is 4.98 Å². The van der Waals surface area contributed by atoms with Crippen LogP contribution in [-0.4, -0.2) is 19.5 Å². The maximum absolute atomic E-state index is 5.22. The molecule has 18 heavy (non-hydrogen) atoms. The van der Waals surface area contributed by atoms with Gasteiger partial charge in [0, 0.05) is 5.69 Å². The second-order valence-corrected chi connectivity index (χ2v) is 4.66. The fourth-order valence-corrected chi connectivity index (χ4v) is 2.22. The summed E-state index contributed by atoms with van der Waals surface area (Å²) in [4.78, 5) is 11.7. The summed E-state index contributed by atoms with van der Waals surface area (Å²) in [6, 6.07) is 8.26. The first kappa shape index (κ1) is 11.1. The molecule has 0 aliphatic rings. The van der Waals surface area contributed by atoms with Crippen molar-refractivity contribution in [3.05, 3.63) is 46.6 Å². The number of aryl methyl sites for hydroxylation is 2. The van der Waals surface area contributed by atoms with E-state index in [4.69, 9.17) is 12.2 Å². The van der Waals surface area contributed by atoms with Gasteiger partial charge in [0.25, 0.3) is 0 Å². The first-order valence-corrected chi connectivity index (χ1v) is 6.07. The van der Waals surface area contributed by atoms with Crippen LogP contribution in [-0.2, 0) is 0 Å². The number of rotatable bonds is 1. The predicted molar refractivity (Wildman–Crippen MR) is 73.5 cm³/mol. The highest BCUT2D eigenvalue weighted by molar-refractivity contribution is 7.71. The number of H-pyrrole nitrogens is 1. The van der Waals surface area contributed by atoms with Crippen molar-refractivity contribution in [3.63, 3.8) is 0 Å². The Morgan fingerprint density at radius 2 is 1.89 bits per heavy atom. The first-order valence-electron chi connectivity index (χ1n) is 5.66. The molecule has 0 atom stereocenters. The zero-order chi connectivity index (χ0) is 12.7. The van der Waals surface area contributed by atoms with E-state index in [1.807, 2.05) is 11.5 Å². The molecule has 0 aliphatic carbocycles. The van der Waals surface area contributed by atoms with Crippen molar-refractivity contribution < 1.29 is 0 Å². The molecule has 1 N–H and O–H groups in total. The van der Waals surface area contributed by atoms with Crippen molar-refractivity contribution in [3.8, 4) is 5.69 Å². The van der Waals surface area contributed by atoms with Gasteiger partial charge in [-0.2, -0.15) is 0 Å². The molecule has 1 aromatic carbocycles. The molecule has 0 saturated heterocycles. The van der Waals surface area contributed by atoms with E-state index in [1.165, 1.54) is 5.56 Å². The van der Waals surface area contributed by atoms with Gasteiger partial charge in [0.1, 0.15) is 23.3 Å². The van der Waals surface area contributed by atoms with Crippen LogP contribution in [0.5, 0.6) is 0 Å². The van der Waals surface area contributed by atoms with E-state index in [9.17, 15) is 0 Å². The molecule has 2 aromatic heterocycles. The van der Waals surface area contributed by atoms with E-state index in [1.54, 1.807) is 6.33 Å². The molecule has 0 unspecified atom stereocenters. The lowest BCUT2D eigenvalue weighted by Gasteiger charge is -2.05. The Kier molecular flexibility index (Phi) is 2.48. The highest BCUT2D eigenvalue weighted by Crippen LogP contribution is 2.17. The van der Waals surface area contributed by atoms with Crippen molar-refractivity contribution in [2.45, 2.75) is 13.8 Å². The summed E-state index contributed by atoms with van der Waals surface area (Å²) >= 11 is 5.22.